The Bertz CT molecular complexity index is 1240. The minimum absolute atomic E-state index is 0.0911. The van der Waals surface area contributed by atoms with Gasteiger partial charge in [-0.15, -0.1) is 0 Å². The van der Waals surface area contributed by atoms with Gasteiger partial charge in [0, 0.05) is 17.5 Å². The summed E-state index contributed by atoms with van der Waals surface area (Å²) in [6, 6.07) is 6.22. The average molecular weight is 422 g/mol. The number of aliphatic hydroxyl groups is 1. The Labute approximate surface area is 180 Å². The number of hydrogen-bond acceptors (Lipinski definition) is 6. The van der Waals surface area contributed by atoms with Gasteiger partial charge in [-0.05, 0) is 51.8 Å². The van der Waals surface area contributed by atoms with E-state index < -0.39 is 11.7 Å². The number of phenols is 2. The average Bonchev–Trinajstić information content (AvgIpc) is 3.14. The monoisotopic (exact) mass is 422 g/mol. The van der Waals surface area contributed by atoms with Gasteiger partial charge in [-0.1, -0.05) is 23.8 Å². The van der Waals surface area contributed by atoms with Crippen LogP contribution in [0.3, 0.4) is 0 Å². The summed E-state index contributed by atoms with van der Waals surface area (Å²) in [5, 5.41) is 31.3. The van der Waals surface area contributed by atoms with Gasteiger partial charge in [0.05, 0.1) is 11.2 Å². The molecule has 162 valence electrons. The highest BCUT2D eigenvalue weighted by molar-refractivity contribution is 5.93. The van der Waals surface area contributed by atoms with Gasteiger partial charge in [-0.25, -0.2) is 0 Å². The molecule has 0 aliphatic carbocycles. The highest BCUT2D eigenvalue weighted by Gasteiger charge is 2.39. The van der Waals surface area contributed by atoms with Gasteiger partial charge >= 0.3 is 0 Å². The summed E-state index contributed by atoms with van der Waals surface area (Å²) in [7, 11) is 0. The fourth-order valence-corrected chi connectivity index (χ4v) is 3.88. The van der Waals surface area contributed by atoms with E-state index in [1.54, 1.807) is 26.0 Å². The maximum absolute atomic E-state index is 13.4. The molecule has 1 aromatic heterocycles. The molecule has 0 amide bonds. The second kappa shape index (κ2) is 7.46. The van der Waals surface area contributed by atoms with E-state index in [0.29, 0.717) is 35.3 Å². The first-order chi connectivity index (χ1) is 14.6. The third-order valence-corrected chi connectivity index (χ3v) is 5.67. The molecule has 0 radical (unpaired) electrons. The van der Waals surface area contributed by atoms with Crippen LogP contribution in [-0.4, -0.2) is 27.0 Å². The molecular formula is C25H26O6. The van der Waals surface area contributed by atoms with Gasteiger partial charge in [-0.3, -0.25) is 4.79 Å². The first-order valence-electron chi connectivity index (χ1n) is 10.2. The van der Waals surface area contributed by atoms with E-state index in [0.717, 1.165) is 5.57 Å². The fraction of sp³-hybridized carbons (Fsp3) is 0.320. The predicted octanol–water partition coefficient (Wildman–Crippen LogP) is 4.45. The predicted molar refractivity (Wildman–Crippen MR) is 119 cm³/mol. The molecule has 4 rings (SSSR count). The Morgan fingerprint density at radius 2 is 1.87 bits per heavy atom. The van der Waals surface area contributed by atoms with Crippen molar-refractivity contribution in [1.82, 2.24) is 0 Å². The smallest absolute Gasteiger partial charge is 0.204 e. The van der Waals surface area contributed by atoms with Crippen LogP contribution in [-0.2, 0) is 12.8 Å². The van der Waals surface area contributed by atoms with Crippen molar-refractivity contribution in [2.24, 2.45) is 0 Å². The minimum Gasteiger partial charge on any atom is -0.508 e. The molecule has 2 aromatic carbocycles. The highest BCUT2D eigenvalue weighted by Crippen LogP contribution is 2.46. The molecule has 0 spiro atoms. The summed E-state index contributed by atoms with van der Waals surface area (Å²) < 4.78 is 11.9. The largest absolute Gasteiger partial charge is 0.508 e. The number of rotatable bonds is 4. The van der Waals surface area contributed by atoms with Crippen LogP contribution >= 0.6 is 0 Å². The molecular weight excluding hydrogens is 396 g/mol. The molecule has 0 saturated carbocycles. The summed E-state index contributed by atoms with van der Waals surface area (Å²) >= 11 is 0. The van der Waals surface area contributed by atoms with Crippen LogP contribution in [0.5, 0.6) is 17.2 Å². The summed E-state index contributed by atoms with van der Waals surface area (Å²) in [5.74, 6) is 0.389. The van der Waals surface area contributed by atoms with Gasteiger partial charge < -0.3 is 24.5 Å². The Kier molecular flexibility index (Phi) is 5.06. The molecule has 0 fully saturated rings. The first kappa shape index (κ1) is 21.0. The number of phenolic OH excluding ortho intramolecular Hbond substituents is 2. The molecule has 3 N–H and O–H groups in total. The molecule has 0 unspecified atom stereocenters. The second-order valence-electron chi connectivity index (χ2n) is 8.81. The van der Waals surface area contributed by atoms with Crippen molar-refractivity contribution in [1.29, 1.82) is 0 Å². The van der Waals surface area contributed by atoms with Crippen molar-refractivity contribution in [2.45, 2.75) is 52.2 Å². The molecule has 0 bridgehead atoms. The molecule has 1 aliphatic heterocycles. The number of fused-ring (bicyclic) bond motifs is 3. The molecule has 1 aliphatic rings. The Balaban J connectivity index is 1.99. The minimum atomic E-state index is -1.11. The van der Waals surface area contributed by atoms with Crippen LogP contribution < -0.4 is 10.2 Å². The van der Waals surface area contributed by atoms with Crippen molar-refractivity contribution in [3.8, 4) is 28.4 Å². The first-order valence-corrected chi connectivity index (χ1v) is 10.2. The van der Waals surface area contributed by atoms with E-state index in [9.17, 15) is 20.1 Å². The van der Waals surface area contributed by atoms with E-state index in [4.69, 9.17) is 9.15 Å². The van der Waals surface area contributed by atoms with Crippen molar-refractivity contribution < 1.29 is 24.5 Å². The normalized spacial score (nSPS) is 15.6. The standard InChI is InChI=1S/C25H26O6/c1-13(2)5-10-16-21(27)20-22(28)18(14-6-8-15(26)9-7-14)12-30-24(20)17-11-19(25(3,4)29)31-23(16)17/h5-9,12,19,26-27,29H,10-11H2,1-4H3/t19-/m1/s1. The molecule has 6 heteroatoms. The van der Waals surface area contributed by atoms with Crippen LogP contribution in [0.25, 0.3) is 22.1 Å². The molecule has 6 nitrogen and oxygen atoms in total. The van der Waals surface area contributed by atoms with E-state index in [1.807, 2.05) is 19.9 Å². The number of ether oxygens (including phenoxy) is 1. The molecule has 3 aromatic rings. The lowest BCUT2D eigenvalue weighted by atomic mass is 9.93. The van der Waals surface area contributed by atoms with Crippen LogP contribution in [0, 0.1) is 0 Å². The summed E-state index contributed by atoms with van der Waals surface area (Å²) in [4.78, 5) is 13.4. The van der Waals surface area contributed by atoms with E-state index >= 15 is 0 Å². The zero-order chi connectivity index (χ0) is 22.5. The lowest BCUT2D eigenvalue weighted by molar-refractivity contribution is -0.0232. The van der Waals surface area contributed by atoms with E-state index in [1.165, 1.54) is 18.4 Å². The zero-order valence-corrected chi connectivity index (χ0v) is 18.0. The number of benzene rings is 2. The molecule has 0 saturated heterocycles. The third-order valence-electron chi connectivity index (χ3n) is 5.67. The van der Waals surface area contributed by atoms with Crippen molar-refractivity contribution in [3.63, 3.8) is 0 Å². The lowest BCUT2D eigenvalue weighted by Crippen LogP contribution is -2.39. The maximum atomic E-state index is 13.4. The van der Waals surface area contributed by atoms with Crippen molar-refractivity contribution in [2.75, 3.05) is 0 Å². The van der Waals surface area contributed by atoms with Gasteiger partial charge in [0.15, 0.2) is 0 Å². The summed E-state index contributed by atoms with van der Waals surface area (Å²) in [5.41, 5.74) is 1.90. The third kappa shape index (κ3) is 3.68. The Morgan fingerprint density at radius 1 is 1.19 bits per heavy atom. The van der Waals surface area contributed by atoms with Crippen LogP contribution in [0.1, 0.15) is 38.8 Å². The fourth-order valence-electron chi connectivity index (χ4n) is 3.88. The Morgan fingerprint density at radius 3 is 2.48 bits per heavy atom. The SMILES string of the molecule is CC(C)=CCc1c2c(c3occ(-c4ccc(O)cc4)c(=O)c3c1O)C[C@H](C(C)(C)O)O2. The molecule has 2 heterocycles. The van der Waals surface area contributed by atoms with Gasteiger partial charge in [0.1, 0.15) is 40.6 Å². The van der Waals surface area contributed by atoms with Crippen molar-refractivity contribution >= 4 is 11.0 Å². The van der Waals surface area contributed by atoms with Gasteiger partial charge in [0.25, 0.3) is 0 Å². The van der Waals surface area contributed by atoms with Crippen LogP contribution in [0.2, 0.25) is 0 Å². The van der Waals surface area contributed by atoms with Crippen LogP contribution in [0.15, 0.2) is 51.4 Å². The lowest BCUT2D eigenvalue weighted by Gasteiger charge is -2.24. The number of hydrogen-bond donors (Lipinski definition) is 3. The zero-order valence-electron chi connectivity index (χ0n) is 18.0. The number of allylic oxidation sites excluding steroid dienone is 2. The Hall–Kier alpha value is -3.25. The van der Waals surface area contributed by atoms with E-state index in [-0.39, 0.29) is 33.5 Å². The van der Waals surface area contributed by atoms with Gasteiger partial charge in [-0.2, -0.15) is 0 Å². The van der Waals surface area contributed by atoms with Gasteiger partial charge in [0.2, 0.25) is 5.43 Å². The highest BCUT2D eigenvalue weighted by atomic mass is 16.5. The topological polar surface area (TPSA) is 100 Å². The molecule has 31 heavy (non-hydrogen) atoms. The summed E-state index contributed by atoms with van der Waals surface area (Å²) in [6.45, 7) is 7.24. The van der Waals surface area contributed by atoms with Crippen LogP contribution in [0.4, 0.5) is 0 Å². The van der Waals surface area contributed by atoms with Crippen molar-refractivity contribution in [3.05, 3.63) is 63.5 Å². The maximum Gasteiger partial charge on any atom is 0.204 e. The van der Waals surface area contributed by atoms with E-state index in [2.05, 4.69) is 0 Å². The summed E-state index contributed by atoms with van der Waals surface area (Å²) in [6.07, 6.45) is 3.53. The second-order valence-corrected chi connectivity index (χ2v) is 8.81. The molecule has 1 atom stereocenters. The number of aromatic hydroxyl groups is 2. The quantitative estimate of drug-likeness (QED) is 0.537.